The Balaban J connectivity index is 4.23. The fourth-order valence-corrected chi connectivity index (χ4v) is 0.789. The Morgan fingerprint density at radius 1 is 1.60 bits per heavy atom. The average molecular weight is 214 g/mol. The highest BCUT2D eigenvalue weighted by molar-refractivity contribution is 5.80. The minimum Gasteiger partial charge on any atom is -0.479 e. The number of likely N-dealkylation sites (N-methyl/N-ethyl adjacent to an activating group) is 1. The SMILES string of the molecule is CN[C@@H](C)C(=O)O[C@H](CCC#N)C(=O)O. The van der Waals surface area contributed by atoms with E-state index in [0.29, 0.717) is 0 Å². The molecule has 15 heavy (non-hydrogen) atoms. The van der Waals surface area contributed by atoms with E-state index in [1.54, 1.807) is 20.0 Å². The number of nitriles is 1. The van der Waals surface area contributed by atoms with Crippen LogP contribution in [0, 0.1) is 11.3 Å². The van der Waals surface area contributed by atoms with Gasteiger partial charge in [-0.05, 0) is 14.0 Å². The van der Waals surface area contributed by atoms with Gasteiger partial charge in [0.25, 0.3) is 0 Å². The maximum atomic E-state index is 11.2. The fourth-order valence-electron chi connectivity index (χ4n) is 0.789. The molecule has 0 bridgehead atoms. The molecule has 0 aromatic carbocycles. The molecule has 0 saturated carbocycles. The Labute approximate surface area is 87.8 Å². The second-order valence-electron chi connectivity index (χ2n) is 2.97. The minimum absolute atomic E-state index is 0.00794. The van der Waals surface area contributed by atoms with Gasteiger partial charge in [0, 0.05) is 12.8 Å². The van der Waals surface area contributed by atoms with Gasteiger partial charge >= 0.3 is 11.9 Å². The molecule has 0 rings (SSSR count). The van der Waals surface area contributed by atoms with E-state index in [2.05, 4.69) is 5.32 Å². The van der Waals surface area contributed by atoms with E-state index in [0.717, 1.165) is 0 Å². The molecule has 6 nitrogen and oxygen atoms in total. The van der Waals surface area contributed by atoms with Crippen molar-refractivity contribution in [2.45, 2.75) is 31.9 Å². The van der Waals surface area contributed by atoms with E-state index in [-0.39, 0.29) is 12.8 Å². The van der Waals surface area contributed by atoms with Gasteiger partial charge in [-0.2, -0.15) is 5.26 Å². The van der Waals surface area contributed by atoms with Crippen LogP contribution >= 0.6 is 0 Å². The van der Waals surface area contributed by atoms with Gasteiger partial charge in [0.1, 0.15) is 6.04 Å². The topological polar surface area (TPSA) is 99.4 Å². The van der Waals surface area contributed by atoms with Crippen LogP contribution < -0.4 is 5.32 Å². The smallest absolute Gasteiger partial charge is 0.345 e. The first kappa shape index (κ1) is 13.4. The summed E-state index contributed by atoms with van der Waals surface area (Å²) < 4.78 is 4.71. The van der Waals surface area contributed by atoms with Crippen molar-refractivity contribution in [1.82, 2.24) is 5.32 Å². The monoisotopic (exact) mass is 214 g/mol. The summed E-state index contributed by atoms with van der Waals surface area (Å²) in [5, 5.41) is 19.6. The molecule has 0 heterocycles. The van der Waals surface area contributed by atoms with Crippen molar-refractivity contribution in [3.63, 3.8) is 0 Å². The molecule has 0 aliphatic heterocycles. The third-order valence-corrected chi connectivity index (χ3v) is 1.84. The molecule has 0 amide bonds. The molecule has 0 fully saturated rings. The van der Waals surface area contributed by atoms with Crippen LogP contribution in [0.15, 0.2) is 0 Å². The van der Waals surface area contributed by atoms with Gasteiger partial charge in [-0.1, -0.05) is 0 Å². The lowest BCUT2D eigenvalue weighted by molar-refractivity contribution is -0.165. The van der Waals surface area contributed by atoms with Gasteiger partial charge in [-0.15, -0.1) is 0 Å². The Morgan fingerprint density at radius 3 is 2.60 bits per heavy atom. The molecule has 0 aromatic rings. The predicted molar refractivity (Wildman–Crippen MR) is 50.9 cm³/mol. The summed E-state index contributed by atoms with van der Waals surface area (Å²) >= 11 is 0. The normalized spacial score (nSPS) is 13.7. The summed E-state index contributed by atoms with van der Waals surface area (Å²) in [6.45, 7) is 1.56. The zero-order valence-corrected chi connectivity index (χ0v) is 8.69. The predicted octanol–water partition coefficient (Wildman–Crippen LogP) is -0.106. The molecule has 0 unspecified atom stereocenters. The van der Waals surface area contributed by atoms with Crippen LogP contribution in [0.25, 0.3) is 0 Å². The van der Waals surface area contributed by atoms with Crippen LogP contribution in [0.4, 0.5) is 0 Å². The number of rotatable bonds is 6. The molecule has 6 heteroatoms. The Hall–Kier alpha value is -1.61. The number of aliphatic carboxylic acids is 1. The van der Waals surface area contributed by atoms with Gasteiger partial charge < -0.3 is 15.2 Å². The Morgan fingerprint density at radius 2 is 2.20 bits per heavy atom. The second-order valence-corrected chi connectivity index (χ2v) is 2.97. The number of hydrogen-bond acceptors (Lipinski definition) is 5. The lowest BCUT2D eigenvalue weighted by atomic mass is 10.2. The molecule has 84 valence electrons. The number of carboxylic acids is 1. The van der Waals surface area contributed by atoms with Crippen LogP contribution in [-0.2, 0) is 14.3 Å². The lowest BCUT2D eigenvalue weighted by Crippen LogP contribution is -2.37. The largest absolute Gasteiger partial charge is 0.479 e. The molecular formula is C9H14N2O4. The Bertz CT molecular complexity index is 272. The van der Waals surface area contributed by atoms with Crippen molar-refractivity contribution >= 4 is 11.9 Å². The number of ether oxygens (including phenoxy) is 1. The number of hydrogen-bond donors (Lipinski definition) is 2. The van der Waals surface area contributed by atoms with Gasteiger partial charge in [0.15, 0.2) is 6.10 Å². The van der Waals surface area contributed by atoms with Crippen molar-refractivity contribution in [2.24, 2.45) is 0 Å². The van der Waals surface area contributed by atoms with Gasteiger partial charge in [0.2, 0.25) is 0 Å². The summed E-state index contributed by atoms with van der Waals surface area (Å²) in [6, 6.07) is 1.24. The molecule has 2 atom stereocenters. The minimum atomic E-state index is -1.24. The van der Waals surface area contributed by atoms with E-state index in [4.69, 9.17) is 15.1 Å². The summed E-state index contributed by atoms with van der Waals surface area (Å²) in [5.74, 6) is -1.87. The molecule has 0 aromatic heterocycles. The van der Waals surface area contributed by atoms with Crippen molar-refractivity contribution in [3.05, 3.63) is 0 Å². The van der Waals surface area contributed by atoms with Crippen molar-refractivity contribution in [2.75, 3.05) is 7.05 Å². The first-order valence-electron chi connectivity index (χ1n) is 4.50. The van der Waals surface area contributed by atoms with E-state index in [1.807, 2.05) is 0 Å². The number of carboxylic acid groups (broad SMARTS) is 1. The molecule has 0 radical (unpaired) electrons. The molecule has 2 N–H and O–H groups in total. The molecule has 0 saturated heterocycles. The summed E-state index contributed by atoms with van der Waals surface area (Å²) in [7, 11) is 1.57. The van der Waals surface area contributed by atoms with Crippen molar-refractivity contribution < 1.29 is 19.4 Å². The van der Waals surface area contributed by atoms with Gasteiger partial charge in [-0.3, -0.25) is 4.79 Å². The third kappa shape index (κ3) is 4.98. The highest BCUT2D eigenvalue weighted by atomic mass is 16.6. The van der Waals surface area contributed by atoms with Crippen molar-refractivity contribution in [3.8, 4) is 6.07 Å². The van der Waals surface area contributed by atoms with Gasteiger partial charge in [0.05, 0.1) is 6.07 Å². The van der Waals surface area contributed by atoms with Crippen LogP contribution in [0.1, 0.15) is 19.8 Å². The van der Waals surface area contributed by atoms with Gasteiger partial charge in [-0.25, -0.2) is 4.79 Å². The highest BCUT2D eigenvalue weighted by Gasteiger charge is 2.24. The van der Waals surface area contributed by atoms with Crippen molar-refractivity contribution in [1.29, 1.82) is 5.26 Å². The number of nitrogens with one attached hydrogen (secondary N) is 1. The molecule has 0 spiro atoms. The first-order chi connectivity index (χ1) is 7.02. The molecule has 0 aliphatic rings. The second kappa shape index (κ2) is 6.79. The maximum Gasteiger partial charge on any atom is 0.345 e. The van der Waals surface area contributed by atoms with Crippen LogP contribution in [0.2, 0.25) is 0 Å². The third-order valence-electron chi connectivity index (χ3n) is 1.84. The highest BCUT2D eigenvalue weighted by Crippen LogP contribution is 2.04. The number of nitrogens with zero attached hydrogens (tertiary/aromatic N) is 1. The summed E-state index contributed by atoms with van der Waals surface area (Å²) in [5.41, 5.74) is 0. The fraction of sp³-hybridized carbons (Fsp3) is 0.667. The van der Waals surface area contributed by atoms with Crippen LogP contribution in [0.5, 0.6) is 0 Å². The lowest BCUT2D eigenvalue weighted by Gasteiger charge is -2.15. The standard InChI is InChI=1S/C9H14N2O4/c1-6(11-2)9(14)15-7(8(12)13)4-3-5-10/h6-7,11H,3-4H2,1-2H3,(H,12,13)/t6-,7+/m0/s1. The van der Waals surface area contributed by atoms with E-state index in [9.17, 15) is 9.59 Å². The molecule has 0 aliphatic carbocycles. The van der Waals surface area contributed by atoms with E-state index >= 15 is 0 Å². The number of carbonyl (C=O) groups excluding carboxylic acids is 1. The zero-order chi connectivity index (χ0) is 11.8. The van der Waals surface area contributed by atoms with Crippen LogP contribution in [-0.4, -0.2) is 36.2 Å². The van der Waals surface area contributed by atoms with E-state index in [1.165, 1.54) is 0 Å². The summed E-state index contributed by atoms with van der Waals surface area (Å²) in [6.07, 6.45) is -1.19. The number of esters is 1. The average Bonchev–Trinajstić information content (AvgIpc) is 2.22. The molecular weight excluding hydrogens is 200 g/mol. The Kier molecular flexibility index (Phi) is 6.06. The van der Waals surface area contributed by atoms with Crippen LogP contribution in [0.3, 0.4) is 0 Å². The maximum absolute atomic E-state index is 11.2. The quantitative estimate of drug-likeness (QED) is 0.599. The van der Waals surface area contributed by atoms with E-state index < -0.39 is 24.1 Å². The zero-order valence-electron chi connectivity index (χ0n) is 8.69. The summed E-state index contributed by atoms with van der Waals surface area (Å²) in [4.78, 5) is 21.9. The number of carbonyl (C=O) groups is 2. The first-order valence-corrected chi connectivity index (χ1v) is 4.50.